The lowest BCUT2D eigenvalue weighted by molar-refractivity contribution is 0.0811. The Kier molecular flexibility index (Phi) is 4.42. The largest absolute Gasteiger partial charge is 0.359 e. The second kappa shape index (κ2) is 5.72. The Morgan fingerprint density at radius 3 is 2.79 bits per heavy atom. The van der Waals surface area contributed by atoms with Crippen LogP contribution >= 0.6 is 15.9 Å². The van der Waals surface area contributed by atoms with Gasteiger partial charge >= 0.3 is 0 Å². The zero-order valence-electron chi connectivity index (χ0n) is 11.9. The van der Waals surface area contributed by atoms with E-state index in [1.54, 1.807) is 6.20 Å². The van der Waals surface area contributed by atoms with Crippen molar-refractivity contribution in [2.24, 2.45) is 0 Å². The first kappa shape index (κ1) is 14.7. The highest BCUT2D eigenvalue weighted by atomic mass is 79.9. The lowest BCUT2D eigenvalue weighted by Crippen LogP contribution is -2.22. The number of pyridine rings is 1. The molecule has 0 saturated heterocycles. The molecule has 0 fully saturated rings. The third-order valence-electron chi connectivity index (χ3n) is 2.95. The van der Waals surface area contributed by atoms with E-state index in [-0.39, 0.29) is 0 Å². The van der Waals surface area contributed by atoms with Crippen molar-refractivity contribution in [1.82, 2.24) is 14.8 Å². The molecule has 2 rings (SSSR count). The summed E-state index contributed by atoms with van der Waals surface area (Å²) in [5, 5.41) is 5.56. The Balaban J connectivity index is 2.05. The van der Waals surface area contributed by atoms with Gasteiger partial charge in [0.2, 0.25) is 0 Å². The number of aromatic nitrogens is 3. The molecule has 0 aliphatic heterocycles. The van der Waals surface area contributed by atoms with Crippen molar-refractivity contribution in [3.8, 4) is 0 Å². The minimum atomic E-state index is -1.03. The summed E-state index contributed by atoms with van der Waals surface area (Å²) < 4.78 is 8.54. The quantitative estimate of drug-likeness (QED) is 0.613. The molecule has 0 N–H and O–H groups in total. The minimum Gasteiger partial charge on any atom is -0.359 e. The Bertz CT molecular complexity index is 577. The number of fused-ring (bicyclic) bond motifs is 1. The van der Waals surface area contributed by atoms with Gasteiger partial charge < -0.3 is 4.74 Å². The molecule has 0 aliphatic rings. The van der Waals surface area contributed by atoms with Gasteiger partial charge in [0, 0.05) is 30.7 Å². The van der Waals surface area contributed by atoms with E-state index in [0.717, 1.165) is 27.8 Å². The molecular weight excluding hydrogens is 322 g/mol. The lowest BCUT2D eigenvalue weighted by atomic mass is 10.3. The van der Waals surface area contributed by atoms with Crippen LogP contribution in [0.4, 0.5) is 0 Å². The second-order valence-electron chi connectivity index (χ2n) is 5.96. The molecule has 104 valence electrons. The predicted molar refractivity (Wildman–Crippen MR) is 84.1 cm³/mol. The van der Waals surface area contributed by atoms with Crippen LogP contribution in [0.2, 0.25) is 25.7 Å². The number of rotatable bonds is 5. The number of nitrogens with zero attached hydrogens (tertiary/aromatic N) is 3. The van der Waals surface area contributed by atoms with E-state index < -0.39 is 8.07 Å². The van der Waals surface area contributed by atoms with Gasteiger partial charge in [-0.05, 0) is 35.0 Å². The highest BCUT2D eigenvalue weighted by molar-refractivity contribution is 9.10. The van der Waals surface area contributed by atoms with Gasteiger partial charge in [-0.2, -0.15) is 5.10 Å². The number of hydrogen-bond acceptors (Lipinski definition) is 3. The average Bonchev–Trinajstić information content (AvgIpc) is 2.60. The van der Waals surface area contributed by atoms with E-state index in [0.29, 0.717) is 6.73 Å². The maximum Gasteiger partial charge on any atom is 0.160 e. The molecule has 0 aliphatic carbocycles. The average molecular weight is 342 g/mol. The molecule has 2 heterocycles. The fourth-order valence-corrected chi connectivity index (χ4v) is 2.89. The van der Waals surface area contributed by atoms with Gasteiger partial charge in [-0.25, -0.2) is 9.67 Å². The summed E-state index contributed by atoms with van der Waals surface area (Å²) in [7, 11) is -1.03. The van der Waals surface area contributed by atoms with E-state index in [2.05, 4.69) is 45.7 Å². The highest BCUT2D eigenvalue weighted by Gasteiger charge is 2.13. The summed E-state index contributed by atoms with van der Waals surface area (Å²) in [5.41, 5.74) is 1.87. The standard InChI is InChI=1S/C13H20BrN3OSi/c1-10-12-7-11(14)8-15-13(12)17(16-10)9-18-5-6-19(2,3)4/h7-8H,5-6,9H2,1-4H3. The molecule has 0 amide bonds. The van der Waals surface area contributed by atoms with E-state index in [9.17, 15) is 0 Å². The van der Waals surface area contributed by atoms with Crippen molar-refractivity contribution in [1.29, 1.82) is 0 Å². The molecule has 0 radical (unpaired) electrons. The molecule has 19 heavy (non-hydrogen) atoms. The molecule has 6 heteroatoms. The normalized spacial score (nSPS) is 12.3. The summed E-state index contributed by atoms with van der Waals surface area (Å²) in [5.74, 6) is 0. The van der Waals surface area contributed by atoms with E-state index in [1.807, 2.05) is 17.7 Å². The zero-order chi connectivity index (χ0) is 14.0. The fraction of sp³-hybridized carbons (Fsp3) is 0.538. The van der Waals surface area contributed by atoms with Gasteiger partial charge in [0.15, 0.2) is 5.65 Å². The van der Waals surface area contributed by atoms with Crippen LogP contribution in [0, 0.1) is 6.92 Å². The third kappa shape index (κ3) is 3.87. The van der Waals surface area contributed by atoms with E-state index in [4.69, 9.17) is 4.74 Å². The predicted octanol–water partition coefficient (Wildman–Crippen LogP) is 3.81. The van der Waals surface area contributed by atoms with Crippen molar-refractivity contribution in [2.75, 3.05) is 6.61 Å². The molecule has 0 spiro atoms. The van der Waals surface area contributed by atoms with Crippen LogP contribution in [0.5, 0.6) is 0 Å². The SMILES string of the molecule is Cc1nn(COCC[Si](C)(C)C)c2ncc(Br)cc12. The Morgan fingerprint density at radius 1 is 1.37 bits per heavy atom. The molecule has 0 saturated carbocycles. The molecule has 0 bridgehead atoms. The van der Waals surface area contributed by atoms with Crippen molar-refractivity contribution in [3.05, 3.63) is 22.4 Å². The van der Waals surface area contributed by atoms with E-state index in [1.165, 1.54) is 6.04 Å². The first-order chi connectivity index (χ1) is 8.87. The maximum atomic E-state index is 5.73. The molecule has 2 aromatic heterocycles. The van der Waals surface area contributed by atoms with Crippen LogP contribution in [0.3, 0.4) is 0 Å². The molecule has 2 aromatic rings. The van der Waals surface area contributed by atoms with Crippen molar-refractivity contribution in [3.63, 3.8) is 0 Å². The van der Waals surface area contributed by atoms with E-state index >= 15 is 0 Å². The van der Waals surface area contributed by atoms with Crippen LogP contribution in [-0.4, -0.2) is 29.4 Å². The summed E-state index contributed by atoms with van der Waals surface area (Å²) >= 11 is 3.44. The van der Waals surface area contributed by atoms with Crippen molar-refractivity contribution >= 4 is 35.0 Å². The van der Waals surface area contributed by atoms with Crippen LogP contribution in [-0.2, 0) is 11.5 Å². The number of aryl methyl sites for hydroxylation is 1. The smallest absolute Gasteiger partial charge is 0.160 e. The topological polar surface area (TPSA) is 39.9 Å². The van der Waals surface area contributed by atoms with Gasteiger partial charge in [0.1, 0.15) is 6.73 Å². The minimum absolute atomic E-state index is 0.476. The van der Waals surface area contributed by atoms with Crippen LogP contribution in [0.1, 0.15) is 5.69 Å². The number of hydrogen-bond donors (Lipinski definition) is 0. The van der Waals surface area contributed by atoms with Gasteiger partial charge in [-0.3, -0.25) is 0 Å². The summed E-state index contributed by atoms with van der Waals surface area (Å²) in [6.45, 7) is 10.3. The van der Waals surface area contributed by atoms with Crippen molar-refractivity contribution in [2.45, 2.75) is 39.3 Å². The molecular formula is C13H20BrN3OSi. The van der Waals surface area contributed by atoms with Gasteiger partial charge in [0.25, 0.3) is 0 Å². The van der Waals surface area contributed by atoms with Gasteiger partial charge in [-0.1, -0.05) is 19.6 Å². The Hall–Kier alpha value is -0.723. The lowest BCUT2D eigenvalue weighted by Gasteiger charge is -2.15. The summed E-state index contributed by atoms with van der Waals surface area (Å²) in [6, 6.07) is 3.22. The first-order valence-corrected chi connectivity index (χ1v) is 10.9. The molecule has 0 unspecified atom stereocenters. The monoisotopic (exact) mass is 341 g/mol. The first-order valence-electron chi connectivity index (χ1n) is 6.43. The highest BCUT2D eigenvalue weighted by Crippen LogP contribution is 2.20. The summed E-state index contributed by atoms with van der Waals surface area (Å²) in [4.78, 5) is 4.41. The third-order valence-corrected chi connectivity index (χ3v) is 5.09. The van der Waals surface area contributed by atoms with Crippen LogP contribution in [0.25, 0.3) is 11.0 Å². The molecule has 0 atom stereocenters. The van der Waals surface area contributed by atoms with Crippen LogP contribution in [0.15, 0.2) is 16.7 Å². The zero-order valence-corrected chi connectivity index (χ0v) is 14.5. The Labute approximate surface area is 123 Å². The Morgan fingerprint density at radius 2 is 2.11 bits per heavy atom. The fourth-order valence-electron chi connectivity index (χ4n) is 1.81. The second-order valence-corrected chi connectivity index (χ2v) is 12.5. The summed E-state index contributed by atoms with van der Waals surface area (Å²) in [6.07, 6.45) is 1.79. The maximum absolute atomic E-state index is 5.73. The molecule has 0 aromatic carbocycles. The number of ether oxygens (including phenoxy) is 1. The number of halogens is 1. The van der Waals surface area contributed by atoms with Gasteiger partial charge in [0.05, 0.1) is 5.69 Å². The van der Waals surface area contributed by atoms with Gasteiger partial charge in [-0.15, -0.1) is 0 Å². The molecule has 4 nitrogen and oxygen atoms in total. The van der Waals surface area contributed by atoms with Crippen molar-refractivity contribution < 1.29 is 4.74 Å². The van der Waals surface area contributed by atoms with Crippen LogP contribution < -0.4 is 0 Å².